The van der Waals surface area contributed by atoms with Gasteiger partial charge in [0, 0.05) is 19.5 Å². The fraction of sp³-hybridized carbons (Fsp3) is 0.429. The van der Waals surface area contributed by atoms with E-state index in [1.807, 2.05) is 18.2 Å². The minimum atomic E-state index is 0.291. The van der Waals surface area contributed by atoms with Crippen LogP contribution in [0.5, 0.6) is 5.75 Å². The van der Waals surface area contributed by atoms with Crippen LogP contribution in [0.2, 0.25) is 0 Å². The maximum atomic E-state index is 5.66. The monoisotopic (exact) mass is 339 g/mol. The Morgan fingerprint density at radius 2 is 2.20 bits per heavy atom. The van der Waals surface area contributed by atoms with E-state index in [0.717, 1.165) is 16.8 Å². The largest absolute Gasteiger partial charge is 0.484 e. The Labute approximate surface area is 126 Å². The van der Waals surface area contributed by atoms with Gasteiger partial charge in [-0.25, -0.2) is 0 Å². The second-order valence-electron chi connectivity index (χ2n) is 4.82. The van der Waals surface area contributed by atoms with Crippen molar-refractivity contribution >= 4 is 15.9 Å². The normalized spacial score (nSPS) is 11.1. The highest BCUT2D eigenvalue weighted by molar-refractivity contribution is 9.10. The average molecular weight is 340 g/mol. The second-order valence-corrected chi connectivity index (χ2v) is 5.67. The Bertz CT molecular complexity index is 569. The van der Waals surface area contributed by atoms with Crippen molar-refractivity contribution < 1.29 is 9.26 Å². The Balaban J connectivity index is 1.95. The number of nitrogens with zero attached hydrogens (tertiary/aromatic N) is 2. The van der Waals surface area contributed by atoms with Gasteiger partial charge in [0.2, 0.25) is 11.7 Å². The molecule has 0 radical (unpaired) electrons. The lowest BCUT2D eigenvalue weighted by molar-refractivity contribution is 0.284. The maximum absolute atomic E-state index is 5.66. The molecule has 0 amide bonds. The molecule has 20 heavy (non-hydrogen) atoms. The molecule has 1 aromatic heterocycles. The number of aromatic nitrogens is 2. The third kappa shape index (κ3) is 4.31. The maximum Gasteiger partial charge on any atom is 0.223 e. The Kier molecular flexibility index (Phi) is 5.14. The fourth-order valence-electron chi connectivity index (χ4n) is 1.64. The van der Waals surface area contributed by atoms with Crippen LogP contribution in [0.1, 0.15) is 31.1 Å². The van der Waals surface area contributed by atoms with E-state index in [1.54, 1.807) is 6.92 Å². The lowest BCUT2D eigenvalue weighted by Gasteiger charge is -2.10. The summed E-state index contributed by atoms with van der Waals surface area (Å²) in [4.78, 5) is 4.09. The summed E-state index contributed by atoms with van der Waals surface area (Å²) < 4.78 is 11.5. The first-order chi connectivity index (χ1) is 9.54. The molecule has 0 saturated carbocycles. The van der Waals surface area contributed by atoms with Gasteiger partial charge in [0.1, 0.15) is 5.75 Å². The molecule has 6 heteroatoms. The van der Waals surface area contributed by atoms with Gasteiger partial charge in [0.05, 0.1) is 4.47 Å². The number of rotatable bonds is 6. The summed E-state index contributed by atoms with van der Waals surface area (Å²) in [5.74, 6) is 1.85. The first-order valence-electron chi connectivity index (χ1n) is 6.48. The summed E-state index contributed by atoms with van der Waals surface area (Å²) in [5, 5.41) is 7.17. The van der Waals surface area contributed by atoms with Crippen LogP contribution >= 0.6 is 15.9 Å². The SMILES string of the molecule is Cc1nc(COc2ccc(CNC(C)C)cc2Br)no1. The van der Waals surface area contributed by atoms with Gasteiger partial charge >= 0.3 is 0 Å². The summed E-state index contributed by atoms with van der Waals surface area (Å²) in [6.07, 6.45) is 0. The molecule has 0 unspecified atom stereocenters. The van der Waals surface area contributed by atoms with E-state index in [-0.39, 0.29) is 0 Å². The van der Waals surface area contributed by atoms with Crippen molar-refractivity contribution in [1.82, 2.24) is 15.5 Å². The van der Waals surface area contributed by atoms with E-state index in [2.05, 4.69) is 45.2 Å². The van der Waals surface area contributed by atoms with E-state index in [9.17, 15) is 0 Å². The molecular formula is C14H18BrN3O2. The van der Waals surface area contributed by atoms with E-state index in [1.165, 1.54) is 5.56 Å². The average Bonchev–Trinajstić information content (AvgIpc) is 2.81. The number of benzene rings is 1. The van der Waals surface area contributed by atoms with Crippen molar-refractivity contribution in [2.24, 2.45) is 0 Å². The Morgan fingerprint density at radius 1 is 1.40 bits per heavy atom. The Morgan fingerprint density at radius 3 is 2.80 bits per heavy atom. The molecule has 0 fully saturated rings. The molecule has 0 aliphatic rings. The van der Waals surface area contributed by atoms with Crippen LogP contribution in [-0.4, -0.2) is 16.2 Å². The third-order valence-corrected chi connectivity index (χ3v) is 3.26. The van der Waals surface area contributed by atoms with Crippen molar-refractivity contribution in [2.75, 3.05) is 0 Å². The molecule has 1 heterocycles. The molecule has 0 spiro atoms. The topological polar surface area (TPSA) is 60.2 Å². The van der Waals surface area contributed by atoms with Gasteiger partial charge in [0.15, 0.2) is 6.61 Å². The number of hydrogen-bond donors (Lipinski definition) is 1. The quantitative estimate of drug-likeness (QED) is 0.875. The van der Waals surface area contributed by atoms with Gasteiger partial charge < -0.3 is 14.6 Å². The summed E-state index contributed by atoms with van der Waals surface area (Å²) in [7, 11) is 0. The molecule has 0 atom stereocenters. The minimum Gasteiger partial charge on any atom is -0.484 e. The number of hydrogen-bond acceptors (Lipinski definition) is 5. The highest BCUT2D eigenvalue weighted by Crippen LogP contribution is 2.26. The van der Waals surface area contributed by atoms with Gasteiger partial charge in [-0.2, -0.15) is 4.98 Å². The van der Waals surface area contributed by atoms with Gasteiger partial charge in [-0.1, -0.05) is 25.1 Å². The smallest absolute Gasteiger partial charge is 0.223 e. The van der Waals surface area contributed by atoms with Crippen LogP contribution < -0.4 is 10.1 Å². The zero-order valence-electron chi connectivity index (χ0n) is 11.8. The second kappa shape index (κ2) is 6.85. The highest BCUT2D eigenvalue weighted by Gasteiger charge is 2.07. The molecule has 1 aromatic carbocycles. The summed E-state index contributed by atoms with van der Waals surface area (Å²) >= 11 is 3.52. The van der Waals surface area contributed by atoms with Gasteiger partial charge in [-0.15, -0.1) is 0 Å². The lowest BCUT2D eigenvalue weighted by atomic mass is 10.2. The number of halogens is 1. The van der Waals surface area contributed by atoms with E-state index in [4.69, 9.17) is 9.26 Å². The van der Waals surface area contributed by atoms with Gasteiger partial charge in [0.25, 0.3) is 0 Å². The molecule has 0 aliphatic carbocycles. The van der Waals surface area contributed by atoms with Crippen LogP contribution in [0.3, 0.4) is 0 Å². The molecule has 0 bridgehead atoms. The molecule has 0 saturated heterocycles. The number of nitrogens with one attached hydrogen (secondary N) is 1. The lowest BCUT2D eigenvalue weighted by Crippen LogP contribution is -2.21. The van der Waals surface area contributed by atoms with E-state index >= 15 is 0 Å². The van der Waals surface area contributed by atoms with E-state index < -0.39 is 0 Å². The first kappa shape index (κ1) is 15.0. The van der Waals surface area contributed by atoms with Crippen LogP contribution in [0.25, 0.3) is 0 Å². The number of ether oxygens (including phenoxy) is 1. The van der Waals surface area contributed by atoms with Crippen molar-refractivity contribution in [2.45, 2.75) is 40.0 Å². The highest BCUT2D eigenvalue weighted by atomic mass is 79.9. The third-order valence-electron chi connectivity index (χ3n) is 2.64. The molecule has 2 aromatic rings. The summed E-state index contributed by atoms with van der Waals surface area (Å²) in [6, 6.07) is 6.49. The van der Waals surface area contributed by atoms with Crippen LogP contribution in [0.15, 0.2) is 27.2 Å². The molecule has 1 N–H and O–H groups in total. The number of aryl methyl sites for hydroxylation is 1. The summed E-state index contributed by atoms with van der Waals surface area (Å²) in [6.45, 7) is 7.13. The van der Waals surface area contributed by atoms with Crippen molar-refractivity contribution in [3.05, 3.63) is 40.0 Å². The van der Waals surface area contributed by atoms with E-state index in [0.29, 0.717) is 24.4 Å². The standard InChI is InChI=1S/C14H18BrN3O2/c1-9(2)16-7-11-4-5-13(12(15)6-11)19-8-14-17-10(3)20-18-14/h4-6,9,16H,7-8H2,1-3H3. The zero-order valence-corrected chi connectivity index (χ0v) is 13.4. The minimum absolute atomic E-state index is 0.291. The van der Waals surface area contributed by atoms with Gasteiger partial charge in [-0.05, 0) is 33.6 Å². The van der Waals surface area contributed by atoms with Gasteiger partial charge in [-0.3, -0.25) is 0 Å². The predicted molar refractivity (Wildman–Crippen MR) is 79.5 cm³/mol. The zero-order chi connectivity index (χ0) is 14.5. The van der Waals surface area contributed by atoms with Crippen LogP contribution in [-0.2, 0) is 13.2 Å². The Hall–Kier alpha value is -1.40. The fourth-order valence-corrected chi connectivity index (χ4v) is 2.18. The van der Waals surface area contributed by atoms with Crippen LogP contribution in [0, 0.1) is 6.92 Å². The van der Waals surface area contributed by atoms with Crippen molar-refractivity contribution in [3.63, 3.8) is 0 Å². The van der Waals surface area contributed by atoms with Crippen LogP contribution in [0.4, 0.5) is 0 Å². The molecule has 5 nitrogen and oxygen atoms in total. The molecule has 108 valence electrons. The molecule has 0 aliphatic heterocycles. The molecular weight excluding hydrogens is 322 g/mol. The summed E-state index contributed by atoms with van der Waals surface area (Å²) in [5.41, 5.74) is 1.20. The van der Waals surface area contributed by atoms with Crippen molar-refractivity contribution in [1.29, 1.82) is 0 Å². The first-order valence-corrected chi connectivity index (χ1v) is 7.27. The predicted octanol–water partition coefficient (Wildman–Crippen LogP) is 3.22. The van der Waals surface area contributed by atoms with Crippen molar-refractivity contribution in [3.8, 4) is 5.75 Å². The molecule has 2 rings (SSSR count).